The first kappa shape index (κ1) is 16.4. The van der Waals surface area contributed by atoms with Crippen molar-refractivity contribution in [3.05, 3.63) is 34.3 Å². The van der Waals surface area contributed by atoms with Gasteiger partial charge in [-0.05, 0) is 28.1 Å². The Balaban J connectivity index is 0.00000180. The minimum Gasteiger partial charge on any atom is -0.312 e. The van der Waals surface area contributed by atoms with E-state index in [4.69, 9.17) is 0 Å². The monoisotopic (exact) mass is 363 g/mol. The van der Waals surface area contributed by atoms with E-state index >= 15 is 0 Å². The van der Waals surface area contributed by atoms with Crippen LogP contribution in [0.3, 0.4) is 0 Å². The van der Waals surface area contributed by atoms with Gasteiger partial charge in [-0.15, -0.1) is 17.5 Å². The molecule has 1 heterocycles. The molecule has 0 saturated heterocycles. The van der Waals surface area contributed by atoms with Crippen molar-refractivity contribution in [3.8, 4) is 0 Å². The van der Waals surface area contributed by atoms with E-state index in [9.17, 15) is 0 Å². The van der Waals surface area contributed by atoms with Gasteiger partial charge in [-0.1, -0.05) is 39.8 Å². The highest BCUT2D eigenvalue weighted by molar-refractivity contribution is 9.10. The predicted octanol–water partition coefficient (Wildman–Crippen LogP) is 2.28. The molecular formula is C11H15BrClN5S. The maximum Gasteiger partial charge on any atom is 0.209 e. The van der Waals surface area contributed by atoms with E-state index in [0.29, 0.717) is 0 Å². The molecule has 0 spiro atoms. The van der Waals surface area contributed by atoms with E-state index < -0.39 is 0 Å². The number of nitrogens with one attached hydrogen (secondary N) is 1. The minimum atomic E-state index is 0. The van der Waals surface area contributed by atoms with E-state index in [1.54, 1.807) is 16.4 Å². The summed E-state index contributed by atoms with van der Waals surface area (Å²) in [4.78, 5) is 0. The van der Waals surface area contributed by atoms with Gasteiger partial charge in [-0.3, -0.25) is 0 Å². The lowest BCUT2D eigenvalue weighted by atomic mass is 10.2. The van der Waals surface area contributed by atoms with Crippen LogP contribution in [-0.2, 0) is 13.6 Å². The third kappa shape index (κ3) is 5.48. The Labute approximate surface area is 131 Å². The fraction of sp³-hybridized carbons (Fsp3) is 0.364. The van der Waals surface area contributed by atoms with Crippen molar-refractivity contribution in [1.82, 2.24) is 25.5 Å². The molecule has 1 aromatic carbocycles. The highest BCUT2D eigenvalue weighted by atomic mass is 79.9. The summed E-state index contributed by atoms with van der Waals surface area (Å²) < 4.78 is 2.79. The van der Waals surface area contributed by atoms with Gasteiger partial charge in [0.1, 0.15) is 0 Å². The van der Waals surface area contributed by atoms with Gasteiger partial charge >= 0.3 is 0 Å². The first-order valence-electron chi connectivity index (χ1n) is 5.56. The highest BCUT2D eigenvalue weighted by Gasteiger charge is 2.01. The quantitative estimate of drug-likeness (QED) is 0.629. The van der Waals surface area contributed by atoms with Crippen molar-refractivity contribution in [2.75, 3.05) is 12.3 Å². The summed E-state index contributed by atoms with van der Waals surface area (Å²) >= 11 is 5.11. The zero-order valence-electron chi connectivity index (χ0n) is 10.4. The molecular weight excluding hydrogens is 350 g/mol. The Morgan fingerprint density at radius 3 is 2.95 bits per heavy atom. The Kier molecular flexibility index (Phi) is 7.37. The van der Waals surface area contributed by atoms with Gasteiger partial charge in [0.25, 0.3) is 0 Å². The number of rotatable bonds is 6. The van der Waals surface area contributed by atoms with Gasteiger partial charge in [-0.25, -0.2) is 4.68 Å². The van der Waals surface area contributed by atoms with Gasteiger partial charge in [-0.2, -0.15) is 0 Å². The molecule has 0 aliphatic rings. The van der Waals surface area contributed by atoms with Crippen molar-refractivity contribution in [2.24, 2.45) is 7.05 Å². The maximum absolute atomic E-state index is 3.91. The molecule has 1 N–H and O–H groups in total. The van der Waals surface area contributed by atoms with E-state index in [1.807, 2.05) is 19.2 Å². The number of aromatic nitrogens is 4. The van der Waals surface area contributed by atoms with Crippen LogP contribution in [0.5, 0.6) is 0 Å². The van der Waals surface area contributed by atoms with E-state index in [-0.39, 0.29) is 12.4 Å². The molecule has 0 fully saturated rings. The van der Waals surface area contributed by atoms with Crippen LogP contribution < -0.4 is 5.32 Å². The molecule has 0 amide bonds. The molecule has 1 aromatic heterocycles. The number of hydrogen-bond acceptors (Lipinski definition) is 5. The number of halogens is 2. The molecule has 2 aromatic rings. The lowest BCUT2D eigenvalue weighted by molar-refractivity contribution is 0.663. The second-order valence-electron chi connectivity index (χ2n) is 3.74. The van der Waals surface area contributed by atoms with E-state index in [0.717, 1.165) is 28.5 Å². The summed E-state index contributed by atoms with van der Waals surface area (Å²) in [5, 5.41) is 15.5. The fourth-order valence-electron chi connectivity index (χ4n) is 1.44. The molecule has 0 unspecified atom stereocenters. The fourth-order valence-corrected chi connectivity index (χ4v) is 2.63. The molecule has 19 heavy (non-hydrogen) atoms. The van der Waals surface area contributed by atoms with Crippen LogP contribution in [0.1, 0.15) is 5.56 Å². The first-order chi connectivity index (χ1) is 8.75. The number of thioether (sulfide) groups is 1. The summed E-state index contributed by atoms with van der Waals surface area (Å²) in [6.07, 6.45) is 0. The Bertz CT molecular complexity index is 507. The molecule has 8 heteroatoms. The van der Waals surface area contributed by atoms with Crippen molar-refractivity contribution in [3.63, 3.8) is 0 Å². The minimum absolute atomic E-state index is 0. The van der Waals surface area contributed by atoms with Crippen LogP contribution in [0.25, 0.3) is 0 Å². The summed E-state index contributed by atoms with van der Waals surface area (Å²) in [5.74, 6) is 0.947. The van der Waals surface area contributed by atoms with Crippen LogP contribution in [-0.4, -0.2) is 32.5 Å². The second-order valence-corrected chi connectivity index (χ2v) is 5.72. The summed E-state index contributed by atoms with van der Waals surface area (Å²) in [6, 6.07) is 8.30. The number of tetrazole rings is 1. The van der Waals surface area contributed by atoms with Gasteiger partial charge in [0.15, 0.2) is 0 Å². The Morgan fingerprint density at radius 2 is 2.26 bits per heavy atom. The predicted molar refractivity (Wildman–Crippen MR) is 82.6 cm³/mol. The Hall–Kier alpha value is -0.630. The molecule has 0 bridgehead atoms. The molecule has 2 rings (SSSR count). The summed E-state index contributed by atoms with van der Waals surface area (Å²) in [6.45, 7) is 1.79. The standard InChI is InChI=1S/C11H14BrN5S.ClH/c1-17-11(14-15-16-17)18-6-5-13-8-9-3-2-4-10(12)7-9;/h2-4,7,13H,5-6,8H2,1H3;1H. The van der Waals surface area contributed by atoms with Gasteiger partial charge in [0.05, 0.1) is 0 Å². The number of benzene rings is 1. The van der Waals surface area contributed by atoms with E-state index in [2.05, 4.69) is 48.9 Å². The molecule has 0 saturated carbocycles. The normalized spacial score (nSPS) is 10.2. The van der Waals surface area contributed by atoms with Crippen LogP contribution in [0.2, 0.25) is 0 Å². The van der Waals surface area contributed by atoms with Crippen molar-refractivity contribution < 1.29 is 0 Å². The molecule has 5 nitrogen and oxygen atoms in total. The Morgan fingerprint density at radius 1 is 1.42 bits per heavy atom. The molecule has 0 radical (unpaired) electrons. The first-order valence-corrected chi connectivity index (χ1v) is 7.34. The average molecular weight is 365 g/mol. The summed E-state index contributed by atoms with van der Waals surface area (Å²) in [5.41, 5.74) is 1.27. The van der Waals surface area contributed by atoms with Crippen LogP contribution in [0, 0.1) is 0 Å². The third-order valence-corrected chi connectivity index (χ3v) is 3.81. The molecule has 0 aliphatic heterocycles. The molecule has 104 valence electrons. The topological polar surface area (TPSA) is 55.6 Å². The van der Waals surface area contributed by atoms with E-state index in [1.165, 1.54) is 5.56 Å². The zero-order valence-corrected chi connectivity index (χ0v) is 13.6. The molecule has 0 aliphatic carbocycles. The zero-order chi connectivity index (χ0) is 12.8. The van der Waals surface area contributed by atoms with Crippen LogP contribution in [0.15, 0.2) is 33.9 Å². The highest BCUT2D eigenvalue weighted by Crippen LogP contribution is 2.12. The number of aryl methyl sites for hydroxylation is 1. The smallest absolute Gasteiger partial charge is 0.209 e. The molecule has 0 atom stereocenters. The second kappa shape index (κ2) is 8.52. The number of nitrogens with zero attached hydrogens (tertiary/aromatic N) is 4. The largest absolute Gasteiger partial charge is 0.312 e. The van der Waals surface area contributed by atoms with Crippen LogP contribution in [0.4, 0.5) is 0 Å². The third-order valence-electron chi connectivity index (χ3n) is 2.31. The van der Waals surface area contributed by atoms with Crippen LogP contribution >= 0.6 is 40.1 Å². The van der Waals surface area contributed by atoms with Crippen molar-refractivity contribution in [2.45, 2.75) is 11.7 Å². The van der Waals surface area contributed by atoms with Gasteiger partial charge < -0.3 is 5.32 Å². The maximum atomic E-state index is 3.91. The van der Waals surface area contributed by atoms with Crippen molar-refractivity contribution >= 4 is 40.1 Å². The van der Waals surface area contributed by atoms with Gasteiger partial charge in [0, 0.05) is 30.4 Å². The lowest BCUT2D eigenvalue weighted by Crippen LogP contribution is -2.16. The van der Waals surface area contributed by atoms with Gasteiger partial charge in [0.2, 0.25) is 5.16 Å². The number of hydrogen-bond donors (Lipinski definition) is 1. The summed E-state index contributed by atoms with van der Waals surface area (Å²) in [7, 11) is 1.84. The average Bonchev–Trinajstić information content (AvgIpc) is 2.75. The lowest BCUT2D eigenvalue weighted by Gasteiger charge is -2.04. The SMILES string of the molecule is Cl.Cn1nnnc1SCCNCc1cccc(Br)c1. The van der Waals surface area contributed by atoms with Crippen molar-refractivity contribution in [1.29, 1.82) is 0 Å².